The first-order valence-corrected chi connectivity index (χ1v) is 12.2. The number of sulfonamides is 1. The third kappa shape index (κ3) is 6.82. The molecule has 3 rings (SSSR count). The Morgan fingerprint density at radius 3 is 2.39 bits per heavy atom. The van der Waals surface area contributed by atoms with Gasteiger partial charge in [-0.2, -0.15) is 0 Å². The number of benzene rings is 2. The normalized spacial score (nSPS) is 12.3. The van der Waals surface area contributed by atoms with E-state index in [4.69, 9.17) is 0 Å². The number of rotatable bonds is 9. The third-order valence-corrected chi connectivity index (χ3v) is 5.73. The van der Waals surface area contributed by atoms with Crippen LogP contribution in [0.25, 0.3) is 0 Å². The molecular formula is C24H25F2N3O3S. The van der Waals surface area contributed by atoms with Gasteiger partial charge >= 0.3 is 0 Å². The first-order valence-electron chi connectivity index (χ1n) is 10.3. The fourth-order valence-electron chi connectivity index (χ4n) is 3.31. The Morgan fingerprint density at radius 2 is 1.76 bits per heavy atom. The molecule has 33 heavy (non-hydrogen) atoms. The number of halogens is 2. The third-order valence-electron chi connectivity index (χ3n) is 5.14. The van der Waals surface area contributed by atoms with Crippen LogP contribution in [0.15, 0.2) is 54.6 Å². The minimum Gasteiger partial charge on any atom is -0.340 e. The highest BCUT2D eigenvalue weighted by atomic mass is 32.2. The molecule has 2 N–H and O–H groups in total. The van der Waals surface area contributed by atoms with Gasteiger partial charge in [-0.1, -0.05) is 19.1 Å². The van der Waals surface area contributed by atoms with Crippen molar-refractivity contribution in [2.75, 3.05) is 16.3 Å². The molecule has 0 amide bonds. The van der Waals surface area contributed by atoms with Crippen LogP contribution in [0.5, 0.6) is 0 Å². The van der Waals surface area contributed by atoms with Crippen molar-refractivity contribution in [3.63, 3.8) is 0 Å². The van der Waals surface area contributed by atoms with Crippen molar-refractivity contribution in [3.8, 4) is 0 Å². The fraction of sp³-hybridized carbons (Fsp3) is 0.250. The minimum absolute atomic E-state index is 0.0912. The summed E-state index contributed by atoms with van der Waals surface area (Å²) in [4.78, 5) is 17.3. The lowest BCUT2D eigenvalue weighted by atomic mass is 9.92. The maximum absolute atomic E-state index is 14.3. The maximum Gasteiger partial charge on any atom is 0.229 e. The molecule has 1 atom stereocenters. The van der Waals surface area contributed by atoms with Gasteiger partial charge in [-0.05, 0) is 66.9 Å². The number of carbonyl (C=O) groups excluding carboxylic acids is 1. The number of nitrogens with zero attached hydrogens (tertiary/aromatic N) is 1. The average Bonchev–Trinajstić information content (AvgIpc) is 2.74. The largest absolute Gasteiger partial charge is 0.340 e. The number of aryl methyl sites for hydroxylation is 2. The Bertz CT molecular complexity index is 1260. The predicted molar refractivity (Wildman–Crippen MR) is 125 cm³/mol. The van der Waals surface area contributed by atoms with E-state index >= 15 is 0 Å². The molecule has 1 unspecified atom stereocenters. The van der Waals surface area contributed by atoms with Crippen LogP contribution < -0.4 is 10.0 Å². The standard InChI is InChI=1S/C24H25F2N3O3S/c1-15-4-5-17(24(27-15)28-20-10-8-19(25)9-11-20)7-13-23(30)16(2)18-6-12-22(21(26)14-18)29-33(3,31)32/h4-6,8-12,14,16,29H,7,13H2,1-3H3,(H,27,28). The van der Waals surface area contributed by atoms with Crippen molar-refractivity contribution in [3.05, 3.63) is 83.1 Å². The number of nitrogens with one attached hydrogen (secondary N) is 2. The van der Waals surface area contributed by atoms with E-state index in [0.29, 0.717) is 23.5 Å². The predicted octanol–water partition coefficient (Wildman–Crippen LogP) is 5.09. The van der Waals surface area contributed by atoms with Crippen LogP contribution in [0.2, 0.25) is 0 Å². The van der Waals surface area contributed by atoms with Crippen molar-refractivity contribution < 1.29 is 22.0 Å². The van der Waals surface area contributed by atoms with E-state index in [1.807, 2.05) is 19.1 Å². The Labute approximate surface area is 192 Å². The molecule has 0 aliphatic carbocycles. The molecule has 6 nitrogen and oxygen atoms in total. The fourth-order valence-corrected chi connectivity index (χ4v) is 3.87. The number of Topliss-reactive ketones (excluding diaryl/α,β-unsaturated/α-hetero) is 1. The Hall–Kier alpha value is -3.33. The summed E-state index contributed by atoms with van der Waals surface area (Å²) in [7, 11) is -3.61. The van der Waals surface area contributed by atoms with Crippen molar-refractivity contribution in [2.45, 2.75) is 32.6 Å². The van der Waals surface area contributed by atoms with Gasteiger partial charge in [-0.3, -0.25) is 9.52 Å². The smallest absolute Gasteiger partial charge is 0.229 e. The van der Waals surface area contributed by atoms with Gasteiger partial charge in [0.05, 0.1) is 11.9 Å². The van der Waals surface area contributed by atoms with Gasteiger partial charge in [0.15, 0.2) is 0 Å². The molecule has 0 fully saturated rings. The maximum atomic E-state index is 14.3. The summed E-state index contributed by atoms with van der Waals surface area (Å²) in [6, 6.07) is 13.7. The highest BCUT2D eigenvalue weighted by Crippen LogP contribution is 2.26. The Kier molecular flexibility index (Phi) is 7.43. The molecule has 0 radical (unpaired) electrons. The van der Waals surface area contributed by atoms with Crippen LogP contribution in [0.4, 0.5) is 26.0 Å². The number of anilines is 3. The van der Waals surface area contributed by atoms with Crippen molar-refractivity contribution in [1.29, 1.82) is 0 Å². The lowest BCUT2D eigenvalue weighted by molar-refractivity contribution is -0.120. The monoisotopic (exact) mass is 473 g/mol. The number of hydrogen-bond donors (Lipinski definition) is 2. The van der Waals surface area contributed by atoms with Gasteiger partial charge in [0.25, 0.3) is 0 Å². The van der Waals surface area contributed by atoms with Gasteiger partial charge in [-0.25, -0.2) is 22.2 Å². The van der Waals surface area contributed by atoms with Crippen molar-refractivity contribution in [1.82, 2.24) is 4.98 Å². The summed E-state index contributed by atoms with van der Waals surface area (Å²) in [5, 5.41) is 3.16. The zero-order chi connectivity index (χ0) is 24.2. The zero-order valence-corrected chi connectivity index (χ0v) is 19.3. The van der Waals surface area contributed by atoms with E-state index in [2.05, 4.69) is 15.0 Å². The molecule has 3 aromatic rings. The molecule has 0 saturated heterocycles. The number of carbonyl (C=O) groups is 1. The average molecular weight is 474 g/mol. The van der Waals surface area contributed by atoms with Crippen LogP contribution >= 0.6 is 0 Å². The number of aromatic nitrogens is 1. The lowest BCUT2D eigenvalue weighted by Crippen LogP contribution is -2.13. The first-order chi connectivity index (χ1) is 15.5. The molecule has 1 aromatic heterocycles. The molecular weight excluding hydrogens is 448 g/mol. The van der Waals surface area contributed by atoms with Gasteiger partial charge in [0, 0.05) is 23.7 Å². The minimum atomic E-state index is -3.61. The second kappa shape index (κ2) is 10.1. The molecule has 0 bridgehead atoms. The molecule has 0 aliphatic heterocycles. The molecule has 0 saturated carbocycles. The number of ketones is 1. The molecule has 2 aromatic carbocycles. The Balaban J connectivity index is 1.70. The number of pyridine rings is 1. The molecule has 0 spiro atoms. The lowest BCUT2D eigenvalue weighted by Gasteiger charge is -2.15. The summed E-state index contributed by atoms with van der Waals surface area (Å²) in [5.74, 6) is -1.16. The van der Waals surface area contributed by atoms with E-state index in [-0.39, 0.29) is 23.7 Å². The molecule has 1 heterocycles. The van der Waals surface area contributed by atoms with Crippen LogP contribution in [0, 0.1) is 18.6 Å². The summed E-state index contributed by atoms with van der Waals surface area (Å²) in [6.07, 6.45) is 1.55. The van der Waals surface area contributed by atoms with Gasteiger partial charge in [-0.15, -0.1) is 0 Å². The number of hydrogen-bond acceptors (Lipinski definition) is 5. The first kappa shape index (κ1) is 24.3. The van der Waals surface area contributed by atoms with Crippen LogP contribution in [0.3, 0.4) is 0 Å². The van der Waals surface area contributed by atoms with Crippen molar-refractivity contribution in [2.24, 2.45) is 0 Å². The highest BCUT2D eigenvalue weighted by Gasteiger charge is 2.18. The van der Waals surface area contributed by atoms with E-state index in [1.54, 1.807) is 19.1 Å². The highest BCUT2D eigenvalue weighted by molar-refractivity contribution is 7.92. The van der Waals surface area contributed by atoms with E-state index in [0.717, 1.165) is 17.5 Å². The SMILES string of the molecule is Cc1ccc(CCC(=O)C(C)c2ccc(NS(C)(=O)=O)c(F)c2)c(Nc2ccc(F)cc2)n1. The molecule has 9 heteroatoms. The van der Waals surface area contributed by atoms with Crippen LogP contribution in [-0.2, 0) is 21.2 Å². The van der Waals surface area contributed by atoms with Gasteiger partial charge < -0.3 is 5.32 Å². The van der Waals surface area contributed by atoms with Crippen molar-refractivity contribution >= 4 is 33.0 Å². The second-order valence-corrected chi connectivity index (χ2v) is 9.64. The summed E-state index contributed by atoms with van der Waals surface area (Å²) >= 11 is 0. The summed E-state index contributed by atoms with van der Waals surface area (Å²) in [6.45, 7) is 3.54. The Morgan fingerprint density at radius 1 is 1.06 bits per heavy atom. The quantitative estimate of drug-likeness (QED) is 0.452. The summed E-state index contributed by atoms with van der Waals surface area (Å²) in [5.41, 5.74) is 2.59. The van der Waals surface area contributed by atoms with E-state index in [1.165, 1.54) is 30.3 Å². The van der Waals surface area contributed by atoms with Gasteiger partial charge in [0.2, 0.25) is 10.0 Å². The van der Waals surface area contributed by atoms with Crippen LogP contribution in [0.1, 0.15) is 36.1 Å². The van der Waals surface area contributed by atoms with E-state index < -0.39 is 21.8 Å². The topological polar surface area (TPSA) is 88.2 Å². The molecule has 174 valence electrons. The summed E-state index contributed by atoms with van der Waals surface area (Å²) < 4.78 is 52.2. The van der Waals surface area contributed by atoms with Gasteiger partial charge in [0.1, 0.15) is 23.2 Å². The zero-order valence-electron chi connectivity index (χ0n) is 18.5. The second-order valence-electron chi connectivity index (χ2n) is 7.89. The van der Waals surface area contributed by atoms with Crippen LogP contribution in [-0.4, -0.2) is 25.4 Å². The van der Waals surface area contributed by atoms with E-state index in [9.17, 15) is 22.0 Å². The molecule has 0 aliphatic rings.